The van der Waals surface area contributed by atoms with Gasteiger partial charge in [0.1, 0.15) is 17.2 Å². The monoisotopic (exact) mass is 519 g/mol. The number of para-hydroxylation sites is 1. The van der Waals surface area contributed by atoms with E-state index in [1.54, 1.807) is 0 Å². The zero-order valence-electron chi connectivity index (χ0n) is 22.8. The third-order valence-corrected chi connectivity index (χ3v) is 7.09. The van der Waals surface area contributed by atoms with E-state index in [1.165, 1.54) is 7.11 Å². The number of ether oxygens (including phenoxy) is 2. The number of nitrogens with zero attached hydrogens (tertiary/aromatic N) is 1. The maximum absolute atomic E-state index is 14.1. The molecule has 0 bridgehead atoms. The molecule has 0 aliphatic heterocycles. The van der Waals surface area contributed by atoms with Gasteiger partial charge in [0.05, 0.1) is 13.5 Å². The van der Waals surface area contributed by atoms with Crippen LogP contribution in [0.2, 0.25) is 0 Å². The first-order valence-electron chi connectivity index (χ1n) is 13.2. The lowest BCUT2D eigenvalue weighted by Crippen LogP contribution is -2.57. The van der Waals surface area contributed by atoms with E-state index in [4.69, 9.17) is 9.47 Å². The van der Waals surface area contributed by atoms with Gasteiger partial charge in [-0.1, -0.05) is 97.1 Å². The zero-order valence-corrected chi connectivity index (χ0v) is 22.8. The number of hydrogen-bond donors (Lipinski definition) is 0. The van der Waals surface area contributed by atoms with Gasteiger partial charge in [-0.05, 0) is 60.7 Å². The molecule has 4 aromatic carbocycles. The number of esters is 2. The average molecular weight is 520 g/mol. The Morgan fingerprint density at radius 2 is 1.23 bits per heavy atom. The number of methoxy groups -OCH3 is 1. The van der Waals surface area contributed by atoms with E-state index < -0.39 is 29.1 Å². The molecule has 0 spiro atoms. The molecular weight excluding hydrogens is 486 g/mol. The Morgan fingerprint density at radius 1 is 0.744 bits per heavy atom. The second kappa shape index (κ2) is 10.4. The fourth-order valence-electron chi connectivity index (χ4n) is 5.69. The van der Waals surface area contributed by atoms with Crippen molar-refractivity contribution in [3.05, 3.63) is 126 Å². The molecule has 0 heterocycles. The molecule has 0 N–H and O–H groups in total. The maximum atomic E-state index is 14.1. The summed E-state index contributed by atoms with van der Waals surface area (Å²) in [5.41, 5.74) is 4.29. The van der Waals surface area contributed by atoms with Crippen molar-refractivity contribution in [3.63, 3.8) is 0 Å². The summed E-state index contributed by atoms with van der Waals surface area (Å²) in [6, 6.07) is 35.5. The number of anilines is 1. The molecule has 0 unspecified atom stereocenters. The second-order valence-electron chi connectivity index (χ2n) is 10.7. The summed E-state index contributed by atoms with van der Waals surface area (Å²) in [7, 11) is 1.34. The predicted molar refractivity (Wildman–Crippen MR) is 153 cm³/mol. The van der Waals surface area contributed by atoms with Crippen LogP contribution in [0.4, 0.5) is 5.69 Å². The largest absolute Gasteiger partial charge is 0.469 e. The van der Waals surface area contributed by atoms with E-state index in [2.05, 4.69) is 41.3 Å². The van der Waals surface area contributed by atoms with Crippen LogP contribution in [0, 0.1) is 0 Å². The van der Waals surface area contributed by atoms with Crippen molar-refractivity contribution in [1.82, 2.24) is 0 Å². The standard InChI is InChI=1S/C34H33NO4/c1-33(2,3)39-32(37)30(23-31(36)38-4)35(25-17-9-6-10-18-25)34(24-15-7-5-8-16-24)28-21-13-11-19-26(28)27-20-12-14-22-29(27)34/h5-22,30H,23H2,1-4H3/t30-/m0/s1. The second-order valence-corrected chi connectivity index (χ2v) is 10.7. The minimum Gasteiger partial charge on any atom is -0.469 e. The molecule has 0 saturated carbocycles. The lowest BCUT2D eigenvalue weighted by Gasteiger charge is -2.48. The van der Waals surface area contributed by atoms with Crippen LogP contribution in [0.3, 0.4) is 0 Å². The predicted octanol–water partition coefficient (Wildman–Crippen LogP) is 6.74. The van der Waals surface area contributed by atoms with Gasteiger partial charge >= 0.3 is 11.9 Å². The quantitative estimate of drug-likeness (QED) is 0.253. The van der Waals surface area contributed by atoms with Gasteiger partial charge < -0.3 is 14.4 Å². The number of hydrogen-bond acceptors (Lipinski definition) is 5. The molecule has 5 rings (SSSR count). The molecule has 39 heavy (non-hydrogen) atoms. The van der Waals surface area contributed by atoms with Gasteiger partial charge in [-0.25, -0.2) is 4.79 Å². The van der Waals surface area contributed by atoms with E-state index in [9.17, 15) is 9.59 Å². The molecule has 1 aliphatic rings. The van der Waals surface area contributed by atoms with Crippen LogP contribution in [0.1, 0.15) is 43.9 Å². The topological polar surface area (TPSA) is 55.8 Å². The third kappa shape index (κ3) is 4.69. The van der Waals surface area contributed by atoms with Gasteiger partial charge in [0.25, 0.3) is 0 Å². The van der Waals surface area contributed by atoms with E-state index in [1.807, 2.05) is 93.6 Å². The molecule has 198 valence electrons. The Hall–Kier alpha value is -4.38. The fourth-order valence-corrected chi connectivity index (χ4v) is 5.69. The summed E-state index contributed by atoms with van der Waals surface area (Å²) in [4.78, 5) is 29.1. The molecular formula is C34H33NO4. The molecule has 5 nitrogen and oxygen atoms in total. The van der Waals surface area contributed by atoms with Crippen LogP contribution in [0.15, 0.2) is 109 Å². The summed E-state index contributed by atoms with van der Waals surface area (Å²) >= 11 is 0. The van der Waals surface area contributed by atoms with Gasteiger partial charge in [-0.2, -0.15) is 0 Å². The molecule has 5 heteroatoms. The molecule has 0 fully saturated rings. The third-order valence-electron chi connectivity index (χ3n) is 7.09. The van der Waals surface area contributed by atoms with Crippen molar-refractivity contribution in [2.75, 3.05) is 12.0 Å². The zero-order chi connectivity index (χ0) is 27.6. The van der Waals surface area contributed by atoms with Gasteiger partial charge in [0.15, 0.2) is 0 Å². The van der Waals surface area contributed by atoms with E-state index >= 15 is 0 Å². The molecule has 0 aromatic heterocycles. The molecule has 0 amide bonds. The van der Waals surface area contributed by atoms with Crippen LogP contribution >= 0.6 is 0 Å². The molecule has 4 aromatic rings. The Balaban J connectivity index is 1.90. The molecule has 1 atom stereocenters. The summed E-state index contributed by atoms with van der Waals surface area (Å²) in [5.74, 6) is -0.983. The van der Waals surface area contributed by atoms with Crippen LogP contribution < -0.4 is 4.90 Å². The highest BCUT2D eigenvalue weighted by atomic mass is 16.6. The summed E-state index contributed by atoms with van der Waals surface area (Å²) in [6.07, 6.45) is -0.181. The average Bonchev–Trinajstić information content (AvgIpc) is 3.24. The summed E-state index contributed by atoms with van der Waals surface area (Å²) < 4.78 is 11.1. The van der Waals surface area contributed by atoms with Crippen molar-refractivity contribution in [2.45, 2.75) is 44.4 Å². The molecule has 0 radical (unpaired) electrons. The van der Waals surface area contributed by atoms with Crippen molar-refractivity contribution >= 4 is 17.6 Å². The van der Waals surface area contributed by atoms with Crippen LogP contribution in [0.5, 0.6) is 0 Å². The minimum atomic E-state index is -0.988. The van der Waals surface area contributed by atoms with Gasteiger partial charge in [-0.3, -0.25) is 4.79 Å². The number of benzene rings is 4. The van der Waals surface area contributed by atoms with Gasteiger partial charge in [-0.15, -0.1) is 0 Å². The highest BCUT2D eigenvalue weighted by molar-refractivity contribution is 5.91. The van der Waals surface area contributed by atoms with Crippen LogP contribution in [-0.4, -0.2) is 30.7 Å². The van der Waals surface area contributed by atoms with Crippen LogP contribution in [-0.2, 0) is 24.6 Å². The van der Waals surface area contributed by atoms with E-state index in [-0.39, 0.29) is 6.42 Å². The van der Waals surface area contributed by atoms with Gasteiger partial charge in [0.2, 0.25) is 0 Å². The lowest BCUT2D eigenvalue weighted by atomic mass is 9.77. The van der Waals surface area contributed by atoms with Crippen molar-refractivity contribution in [2.24, 2.45) is 0 Å². The highest BCUT2D eigenvalue weighted by Gasteiger charge is 2.53. The first-order chi connectivity index (χ1) is 18.8. The fraction of sp³-hybridized carbons (Fsp3) is 0.235. The smallest absolute Gasteiger partial charge is 0.329 e. The highest BCUT2D eigenvalue weighted by Crippen LogP contribution is 2.56. The molecule has 0 saturated heterocycles. The van der Waals surface area contributed by atoms with Crippen molar-refractivity contribution in [3.8, 4) is 11.1 Å². The maximum Gasteiger partial charge on any atom is 0.329 e. The Bertz CT molecular complexity index is 1430. The van der Waals surface area contributed by atoms with Crippen LogP contribution in [0.25, 0.3) is 11.1 Å². The Morgan fingerprint density at radius 3 is 1.74 bits per heavy atom. The molecule has 1 aliphatic carbocycles. The lowest BCUT2D eigenvalue weighted by molar-refractivity contribution is -0.159. The first kappa shape index (κ1) is 26.2. The number of carbonyl (C=O) groups is 2. The van der Waals surface area contributed by atoms with E-state index in [0.29, 0.717) is 0 Å². The van der Waals surface area contributed by atoms with Gasteiger partial charge in [0, 0.05) is 5.69 Å². The first-order valence-corrected chi connectivity index (χ1v) is 13.2. The SMILES string of the molecule is COC(=O)C[C@@H](C(=O)OC(C)(C)C)N(c1ccccc1)C1(c2ccccc2)c2ccccc2-c2ccccc21. The van der Waals surface area contributed by atoms with Crippen molar-refractivity contribution < 1.29 is 19.1 Å². The Kier molecular flexibility index (Phi) is 7.00. The Labute approximate surface area is 230 Å². The summed E-state index contributed by atoms with van der Waals surface area (Å²) in [5, 5.41) is 0. The van der Waals surface area contributed by atoms with E-state index in [0.717, 1.165) is 33.5 Å². The number of fused-ring (bicyclic) bond motifs is 3. The van der Waals surface area contributed by atoms with Crippen molar-refractivity contribution in [1.29, 1.82) is 0 Å². The number of carbonyl (C=O) groups excluding carboxylic acids is 2. The summed E-state index contributed by atoms with van der Waals surface area (Å²) in [6.45, 7) is 5.50. The number of rotatable bonds is 7. The minimum absolute atomic E-state index is 0.181. The normalized spacial score (nSPS) is 14.1.